The smallest absolute Gasteiger partial charge is 0.264 e. The van der Waals surface area contributed by atoms with Crippen LogP contribution in [-0.2, 0) is 4.79 Å². The Labute approximate surface area is 143 Å². The molecule has 3 aromatic rings. The summed E-state index contributed by atoms with van der Waals surface area (Å²) in [6.07, 6.45) is 1.55. The fourth-order valence-electron chi connectivity index (χ4n) is 2.54. The highest BCUT2D eigenvalue weighted by Crippen LogP contribution is 2.31. The van der Waals surface area contributed by atoms with Crippen molar-refractivity contribution in [3.63, 3.8) is 0 Å². The summed E-state index contributed by atoms with van der Waals surface area (Å²) < 4.78 is 12.1. The number of ether oxygens (including phenoxy) is 2. The number of nitrogens with zero attached hydrogens (tertiary/aromatic N) is 4. The lowest BCUT2D eigenvalue weighted by molar-refractivity contribution is -0.124. The van der Waals surface area contributed by atoms with Crippen molar-refractivity contribution in [3.8, 4) is 11.5 Å². The molecule has 0 saturated carbocycles. The van der Waals surface area contributed by atoms with Crippen LogP contribution in [0.1, 0.15) is 18.5 Å². The van der Waals surface area contributed by atoms with Crippen molar-refractivity contribution in [1.82, 2.24) is 20.4 Å². The van der Waals surface area contributed by atoms with E-state index in [-0.39, 0.29) is 12.7 Å². The monoisotopic (exact) mass is 337 g/mol. The second kappa shape index (κ2) is 6.23. The number of benzene rings is 2. The molecule has 2 heterocycles. The van der Waals surface area contributed by atoms with Crippen LogP contribution in [0, 0.1) is 0 Å². The van der Waals surface area contributed by atoms with Gasteiger partial charge in [-0.15, -0.1) is 5.10 Å². The van der Waals surface area contributed by atoms with E-state index in [4.69, 9.17) is 9.47 Å². The molecule has 1 aromatic heterocycles. The fraction of sp³-hybridized carbons (Fsp3) is 0.176. The molecule has 1 aliphatic heterocycles. The van der Waals surface area contributed by atoms with Crippen molar-refractivity contribution in [3.05, 3.63) is 48.0 Å². The summed E-state index contributed by atoms with van der Waals surface area (Å²) >= 11 is 0. The maximum Gasteiger partial charge on any atom is 0.264 e. The summed E-state index contributed by atoms with van der Waals surface area (Å²) in [5.74, 6) is 1.08. The Kier molecular flexibility index (Phi) is 3.77. The van der Waals surface area contributed by atoms with E-state index in [9.17, 15) is 4.79 Å². The molecule has 8 nitrogen and oxygen atoms in total. The van der Waals surface area contributed by atoms with Gasteiger partial charge >= 0.3 is 0 Å². The van der Waals surface area contributed by atoms with Gasteiger partial charge in [0, 0.05) is 0 Å². The number of hydrogen-bond acceptors (Lipinski definition) is 6. The van der Waals surface area contributed by atoms with E-state index in [2.05, 4.69) is 20.8 Å². The van der Waals surface area contributed by atoms with Crippen LogP contribution in [0.3, 0.4) is 0 Å². The van der Waals surface area contributed by atoms with Crippen LogP contribution in [0.25, 0.3) is 11.0 Å². The summed E-state index contributed by atoms with van der Waals surface area (Å²) in [4.78, 5) is 12.3. The van der Waals surface area contributed by atoms with Crippen molar-refractivity contribution in [2.45, 2.75) is 13.0 Å². The van der Waals surface area contributed by atoms with Crippen LogP contribution in [0.15, 0.2) is 47.6 Å². The molecular formula is C17H15N5O3. The Morgan fingerprint density at radius 3 is 3.04 bits per heavy atom. The number of para-hydroxylation sites is 1. The molecule has 0 radical (unpaired) electrons. The Hall–Kier alpha value is -3.42. The SMILES string of the molecule is CC(C(=O)NN=Cc1ccc2c(c1)OCO2)n1nnc2ccccc21. The summed E-state index contributed by atoms with van der Waals surface area (Å²) in [5, 5.41) is 12.1. The summed E-state index contributed by atoms with van der Waals surface area (Å²) in [6, 6.07) is 12.4. The first-order valence-electron chi connectivity index (χ1n) is 7.75. The van der Waals surface area contributed by atoms with Crippen molar-refractivity contribution in [2.75, 3.05) is 6.79 Å². The standard InChI is InChI=1S/C17H15N5O3/c1-11(22-14-5-3-2-4-13(14)19-21-22)17(23)20-18-9-12-6-7-15-16(8-12)25-10-24-15/h2-9,11H,10H2,1H3,(H,20,23). The van der Waals surface area contributed by atoms with Crippen LogP contribution < -0.4 is 14.9 Å². The minimum atomic E-state index is -0.540. The zero-order chi connectivity index (χ0) is 17.2. The molecule has 0 spiro atoms. The second-order valence-corrected chi connectivity index (χ2v) is 5.55. The van der Waals surface area contributed by atoms with E-state index >= 15 is 0 Å². The van der Waals surface area contributed by atoms with Crippen molar-refractivity contribution in [2.24, 2.45) is 5.10 Å². The van der Waals surface area contributed by atoms with E-state index in [1.54, 1.807) is 30.0 Å². The molecule has 0 bridgehead atoms. The lowest BCUT2D eigenvalue weighted by Gasteiger charge is -2.10. The van der Waals surface area contributed by atoms with Gasteiger partial charge in [-0.05, 0) is 42.8 Å². The third-order valence-corrected chi connectivity index (χ3v) is 3.91. The molecule has 2 aromatic carbocycles. The zero-order valence-electron chi connectivity index (χ0n) is 13.4. The number of rotatable bonds is 4. The van der Waals surface area contributed by atoms with Crippen LogP contribution in [0.5, 0.6) is 11.5 Å². The van der Waals surface area contributed by atoms with Gasteiger partial charge in [0.1, 0.15) is 11.6 Å². The molecule has 1 amide bonds. The molecule has 4 rings (SSSR count). The van der Waals surface area contributed by atoms with Gasteiger partial charge in [0.2, 0.25) is 6.79 Å². The highest BCUT2D eigenvalue weighted by Gasteiger charge is 2.18. The number of nitrogens with one attached hydrogen (secondary N) is 1. The van der Waals surface area contributed by atoms with Gasteiger partial charge in [0.05, 0.1) is 11.7 Å². The summed E-state index contributed by atoms with van der Waals surface area (Å²) in [7, 11) is 0. The predicted molar refractivity (Wildman–Crippen MR) is 90.5 cm³/mol. The molecule has 8 heteroatoms. The number of hydrazone groups is 1. The molecule has 0 fully saturated rings. The maximum absolute atomic E-state index is 12.3. The lowest BCUT2D eigenvalue weighted by atomic mass is 10.2. The third-order valence-electron chi connectivity index (χ3n) is 3.91. The number of hydrogen-bond donors (Lipinski definition) is 1. The normalized spacial score (nSPS) is 14.1. The minimum Gasteiger partial charge on any atom is -0.454 e. The van der Waals surface area contributed by atoms with Crippen LogP contribution in [-0.4, -0.2) is 33.9 Å². The van der Waals surface area contributed by atoms with E-state index in [1.807, 2.05) is 30.3 Å². The average molecular weight is 337 g/mol. The first-order chi connectivity index (χ1) is 12.2. The molecule has 1 aliphatic rings. The van der Waals surface area contributed by atoms with E-state index in [0.717, 1.165) is 16.6 Å². The third kappa shape index (κ3) is 2.89. The van der Waals surface area contributed by atoms with Gasteiger partial charge in [-0.25, -0.2) is 10.1 Å². The zero-order valence-corrected chi connectivity index (χ0v) is 13.4. The van der Waals surface area contributed by atoms with Crippen LogP contribution >= 0.6 is 0 Å². The first-order valence-corrected chi connectivity index (χ1v) is 7.75. The molecule has 25 heavy (non-hydrogen) atoms. The summed E-state index contributed by atoms with van der Waals surface area (Å²) in [5.41, 5.74) is 4.85. The largest absolute Gasteiger partial charge is 0.454 e. The average Bonchev–Trinajstić information content (AvgIpc) is 3.27. The molecule has 1 unspecified atom stereocenters. The molecule has 1 atom stereocenters. The van der Waals surface area contributed by atoms with E-state index in [1.165, 1.54) is 0 Å². The van der Waals surface area contributed by atoms with E-state index < -0.39 is 6.04 Å². The topological polar surface area (TPSA) is 90.6 Å². The van der Waals surface area contributed by atoms with Gasteiger partial charge in [-0.3, -0.25) is 4.79 Å². The molecular weight excluding hydrogens is 322 g/mol. The summed E-state index contributed by atoms with van der Waals surface area (Å²) in [6.45, 7) is 1.96. The van der Waals surface area contributed by atoms with Crippen molar-refractivity contribution >= 4 is 23.2 Å². The predicted octanol–water partition coefficient (Wildman–Crippen LogP) is 1.87. The maximum atomic E-state index is 12.3. The number of carbonyl (C=O) groups excluding carboxylic acids is 1. The first kappa shape index (κ1) is 15.1. The minimum absolute atomic E-state index is 0.218. The quantitative estimate of drug-likeness (QED) is 0.580. The fourth-order valence-corrected chi connectivity index (χ4v) is 2.54. The van der Waals surface area contributed by atoms with E-state index in [0.29, 0.717) is 11.5 Å². The van der Waals surface area contributed by atoms with Gasteiger partial charge in [0.15, 0.2) is 11.5 Å². The van der Waals surface area contributed by atoms with Gasteiger partial charge in [0.25, 0.3) is 5.91 Å². The van der Waals surface area contributed by atoms with Crippen LogP contribution in [0.4, 0.5) is 0 Å². The number of aromatic nitrogens is 3. The Morgan fingerprint density at radius 1 is 1.28 bits per heavy atom. The van der Waals surface area contributed by atoms with Gasteiger partial charge in [-0.1, -0.05) is 17.3 Å². The van der Waals surface area contributed by atoms with Crippen molar-refractivity contribution in [1.29, 1.82) is 0 Å². The van der Waals surface area contributed by atoms with Gasteiger partial charge < -0.3 is 9.47 Å². The number of fused-ring (bicyclic) bond motifs is 2. The lowest BCUT2D eigenvalue weighted by Crippen LogP contribution is -2.28. The Bertz CT molecular complexity index is 966. The molecule has 126 valence electrons. The highest BCUT2D eigenvalue weighted by molar-refractivity contribution is 5.85. The number of carbonyl (C=O) groups is 1. The molecule has 1 N–H and O–H groups in total. The van der Waals surface area contributed by atoms with Gasteiger partial charge in [-0.2, -0.15) is 5.10 Å². The second-order valence-electron chi connectivity index (χ2n) is 5.55. The Morgan fingerprint density at radius 2 is 2.12 bits per heavy atom. The highest BCUT2D eigenvalue weighted by atomic mass is 16.7. The Balaban J connectivity index is 1.45. The number of amides is 1. The van der Waals surface area contributed by atoms with Crippen molar-refractivity contribution < 1.29 is 14.3 Å². The molecule has 0 saturated heterocycles. The molecule has 0 aliphatic carbocycles. The van der Waals surface area contributed by atoms with Crippen LogP contribution in [0.2, 0.25) is 0 Å².